The number of Topliss-reactive ketones (excluding diaryl/α,β-unsaturated/α-hetero) is 1. The Bertz CT molecular complexity index is 750. The van der Waals surface area contributed by atoms with Crippen molar-refractivity contribution < 1.29 is 14.3 Å². The van der Waals surface area contributed by atoms with E-state index in [2.05, 4.69) is 10.4 Å². The molecule has 0 saturated heterocycles. The highest BCUT2D eigenvalue weighted by Crippen LogP contribution is 2.14. The molecule has 1 aromatic carbocycles. The molecule has 6 nitrogen and oxygen atoms in total. The summed E-state index contributed by atoms with van der Waals surface area (Å²) in [7, 11) is 1.63. The molecule has 0 saturated carbocycles. The summed E-state index contributed by atoms with van der Waals surface area (Å²) in [5.41, 5.74) is 3.07. The fourth-order valence-electron chi connectivity index (χ4n) is 2.73. The van der Waals surface area contributed by atoms with Crippen molar-refractivity contribution in [3.05, 3.63) is 46.8 Å². The Hall–Kier alpha value is -2.63. The second-order valence-corrected chi connectivity index (χ2v) is 5.71. The van der Waals surface area contributed by atoms with Crippen molar-refractivity contribution in [1.82, 2.24) is 15.1 Å². The van der Waals surface area contributed by atoms with Crippen LogP contribution in [0, 0.1) is 13.8 Å². The molecule has 0 aliphatic rings. The Labute approximate surface area is 141 Å². The van der Waals surface area contributed by atoms with Crippen LogP contribution in [0.4, 0.5) is 0 Å². The van der Waals surface area contributed by atoms with E-state index in [4.69, 9.17) is 4.74 Å². The normalized spacial score (nSPS) is 10.5. The van der Waals surface area contributed by atoms with E-state index in [0.717, 1.165) is 23.4 Å². The van der Waals surface area contributed by atoms with E-state index < -0.39 is 0 Å². The lowest BCUT2D eigenvalue weighted by Gasteiger charge is -2.08. The van der Waals surface area contributed by atoms with E-state index in [9.17, 15) is 9.59 Å². The Morgan fingerprint density at radius 3 is 2.67 bits per heavy atom. The third-order valence-corrected chi connectivity index (χ3v) is 3.90. The highest BCUT2D eigenvalue weighted by Gasteiger charge is 2.16. The van der Waals surface area contributed by atoms with Gasteiger partial charge in [-0.3, -0.25) is 14.3 Å². The van der Waals surface area contributed by atoms with Crippen LogP contribution in [-0.2, 0) is 17.8 Å². The van der Waals surface area contributed by atoms with Gasteiger partial charge in [-0.2, -0.15) is 5.10 Å². The number of methoxy groups -OCH3 is 1. The van der Waals surface area contributed by atoms with Crippen molar-refractivity contribution in [1.29, 1.82) is 0 Å². The zero-order valence-electron chi connectivity index (χ0n) is 14.5. The molecule has 128 valence electrons. The Balaban J connectivity index is 1.90. The predicted molar refractivity (Wildman–Crippen MR) is 91.4 cm³/mol. The van der Waals surface area contributed by atoms with Crippen molar-refractivity contribution in [2.45, 2.75) is 33.7 Å². The van der Waals surface area contributed by atoms with Crippen LogP contribution in [0.5, 0.6) is 5.75 Å². The van der Waals surface area contributed by atoms with Gasteiger partial charge in [0.1, 0.15) is 12.3 Å². The second-order valence-electron chi connectivity index (χ2n) is 5.71. The maximum absolute atomic E-state index is 12.1. The number of hydrogen-bond donors (Lipinski definition) is 1. The standard InChI is InChI=1S/C18H23N3O3/c1-12-18(14(3)22)13(2)21(20-12)11-17(23)19-9-8-15-6-5-7-16(10-15)24-4/h5-7,10H,8-9,11H2,1-4H3,(H,19,23). The third-order valence-electron chi connectivity index (χ3n) is 3.90. The van der Waals surface area contributed by atoms with Gasteiger partial charge < -0.3 is 10.1 Å². The highest BCUT2D eigenvalue weighted by molar-refractivity contribution is 5.96. The number of benzene rings is 1. The summed E-state index contributed by atoms with van der Waals surface area (Å²) in [5, 5.41) is 7.16. The van der Waals surface area contributed by atoms with Crippen LogP contribution in [0.2, 0.25) is 0 Å². The summed E-state index contributed by atoms with van der Waals surface area (Å²) in [4.78, 5) is 23.7. The van der Waals surface area contributed by atoms with Crippen molar-refractivity contribution >= 4 is 11.7 Å². The smallest absolute Gasteiger partial charge is 0.241 e. The second kappa shape index (κ2) is 7.77. The molecule has 6 heteroatoms. The molecule has 0 bridgehead atoms. The van der Waals surface area contributed by atoms with Gasteiger partial charge in [0.15, 0.2) is 5.78 Å². The zero-order valence-corrected chi connectivity index (χ0v) is 14.5. The monoisotopic (exact) mass is 329 g/mol. The van der Waals surface area contributed by atoms with Crippen molar-refractivity contribution in [3.8, 4) is 5.75 Å². The largest absolute Gasteiger partial charge is 0.497 e. The van der Waals surface area contributed by atoms with Crippen LogP contribution < -0.4 is 10.1 Å². The average molecular weight is 329 g/mol. The lowest BCUT2D eigenvalue weighted by atomic mass is 10.1. The first-order chi connectivity index (χ1) is 11.4. The number of hydrogen-bond acceptors (Lipinski definition) is 4. The predicted octanol–water partition coefficient (Wildman–Crippen LogP) is 2.07. The molecule has 2 aromatic rings. The molecule has 1 heterocycles. The van der Waals surface area contributed by atoms with E-state index in [1.807, 2.05) is 24.3 Å². The molecule has 0 aliphatic heterocycles. The SMILES string of the molecule is COc1cccc(CCNC(=O)Cn2nc(C)c(C(C)=O)c2C)c1. The van der Waals surface area contributed by atoms with Gasteiger partial charge in [-0.25, -0.2) is 0 Å². The van der Waals surface area contributed by atoms with E-state index in [1.54, 1.807) is 25.6 Å². The number of carbonyl (C=O) groups excluding carboxylic acids is 2. The number of ether oxygens (including phenoxy) is 1. The Kier molecular flexibility index (Phi) is 5.73. The lowest BCUT2D eigenvalue weighted by Crippen LogP contribution is -2.30. The lowest BCUT2D eigenvalue weighted by molar-refractivity contribution is -0.121. The minimum Gasteiger partial charge on any atom is -0.497 e. The van der Waals surface area contributed by atoms with Gasteiger partial charge >= 0.3 is 0 Å². The van der Waals surface area contributed by atoms with Crippen LogP contribution in [0.15, 0.2) is 24.3 Å². The van der Waals surface area contributed by atoms with Crippen LogP contribution in [-0.4, -0.2) is 35.1 Å². The highest BCUT2D eigenvalue weighted by atomic mass is 16.5. The number of ketones is 1. The van der Waals surface area contributed by atoms with Crippen molar-refractivity contribution in [3.63, 3.8) is 0 Å². The third kappa shape index (κ3) is 4.22. The maximum atomic E-state index is 12.1. The van der Waals surface area contributed by atoms with Crippen molar-refractivity contribution in [2.75, 3.05) is 13.7 Å². The van der Waals surface area contributed by atoms with E-state index in [0.29, 0.717) is 17.8 Å². The average Bonchev–Trinajstić information content (AvgIpc) is 2.81. The number of nitrogens with one attached hydrogen (secondary N) is 1. The van der Waals surface area contributed by atoms with Crippen molar-refractivity contribution in [2.24, 2.45) is 0 Å². The first-order valence-corrected chi connectivity index (χ1v) is 7.87. The molecular weight excluding hydrogens is 306 g/mol. The van der Waals surface area contributed by atoms with Gasteiger partial charge in [-0.1, -0.05) is 12.1 Å². The molecule has 0 atom stereocenters. The first-order valence-electron chi connectivity index (χ1n) is 7.87. The van der Waals surface area contributed by atoms with Crippen LogP contribution in [0.1, 0.15) is 34.2 Å². The summed E-state index contributed by atoms with van der Waals surface area (Å²) in [6.07, 6.45) is 0.721. The minimum absolute atomic E-state index is 0.0327. The molecule has 1 N–H and O–H groups in total. The number of carbonyl (C=O) groups is 2. The van der Waals surface area contributed by atoms with E-state index in [1.165, 1.54) is 6.92 Å². The van der Waals surface area contributed by atoms with Crippen LogP contribution >= 0.6 is 0 Å². The minimum atomic E-state index is -0.126. The molecule has 0 unspecified atom stereocenters. The van der Waals surface area contributed by atoms with Gasteiger partial charge in [0.05, 0.1) is 18.4 Å². The molecule has 1 amide bonds. The fraction of sp³-hybridized carbons (Fsp3) is 0.389. The zero-order chi connectivity index (χ0) is 17.7. The summed E-state index contributed by atoms with van der Waals surface area (Å²) in [6.45, 7) is 5.74. The fourth-order valence-corrected chi connectivity index (χ4v) is 2.73. The Morgan fingerprint density at radius 1 is 1.29 bits per heavy atom. The topological polar surface area (TPSA) is 73.2 Å². The molecule has 0 spiro atoms. The number of nitrogens with zero attached hydrogens (tertiary/aromatic N) is 2. The van der Waals surface area contributed by atoms with Gasteiger partial charge in [0.2, 0.25) is 5.91 Å². The van der Waals surface area contributed by atoms with Gasteiger partial charge in [-0.05, 0) is 44.9 Å². The van der Waals surface area contributed by atoms with Crippen LogP contribution in [0.25, 0.3) is 0 Å². The van der Waals surface area contributed by atoms with Gasteiger partial charge in [-0.15, -0.1) is 0 Å². The number of aromatic nitrogens is 2. The van der Waals surface area contributed by atoms with E-state index in [-0.39, 0.29) is 18.2 Å². The molecule has 0 aliphatic carbocycles. The van der Waals surface area contributed by atoms with Gasteiger partial charge in [0, 0.05) is 12.2 Å². The number of aryl methyl sites for hydroxylation is 1. The molecule has 2 rings (SSSR count). The molecule has 1 aromatic heterocycles. The first kappa shape index (κ1) is 17.7. The maximum Gasteiger partial charge on any atom is 0.241 e. The summed E-state index contributed by atoms with van der Waals surface area (Å²) in [5.74, 6) is 0.645. The summed E-state index contributed by atoms with van der Waals surface area (Å²) >= 11 is 0. The Morgan fingerprint density at radius 2 is 2.04 bits per heavy atom. The molecule has 0 fully saturated rings. The number of amides is 1. The summed E-state index contributed by atoms with van der Waals surface area (Å²) in [6, 6.07) is 7.76. The number of rotatable bonds is 7. The molecular formula is C18H23N3O3. The summed E-state index contributed by atoms with van der Waals surface area (Å²) < 4.78 is 6.76. The quantitative estimate of drug-likeness (QED) is 0.789. The van der Waals surface area contributed by atoms with E-state index >= 15 is 0 Å². The molecule has 0 radical (unpaired) electrons. The van der Waals surface area contributed by atoms with Gasteiger partial charge in [0.25, 0.3) is 0 Å². The van der Waals surface area contributed by atoms with Crippen LogP contribution in [0.3, 0.4) is 0 Å². The molecule has 24 heavy (non-hydrogen) atoms.